The Morgan fingerprint density at radius 3 is 2.20 bits per heavy atom. The highest BCUT2D eigenvalue weighted by Crippen LogP contribution is 2.18. The van der Waals surface area contributed by atoms with E-state index in [0.29, 0.717) is 6.54 Å². The zero-order chi connectivity index (χ0) is 15.3. The Morgan fingerprint density at radius 1 is 1.25 bits per heavy atom. The van der Waals surface area contributed by atoms with Crippen molar-refractivity contribution in [3.05, 3.63) is 29.8 Å². The molecule has 0 spiro atoms. The van der Waals surface area contributed by atoms with Gasteiger partial charge in [0.05, 0.1) is 18.4 Å². The average Bonchev–Trinajstić information content (AvgIpc) is 2.39. The van der Waals surface area contributed by atoms with E-state index < -0.39 is 10.0 Å². The number of hydrogen-bond acceptors (Lipinski definition) is 4. The second-order valence-electron chi connectivity index (χ2n) is 4.70. The van der Waals surface area contributed by atoms with Crippen LogP contribution in [0.2, 0.25) is 0 Å². The summed E-state index contributed by atoms with van der Waals surface area (Å²) in [6.45, 7) is 5.91. The molecule has 0 bridgehead atoms. The first-order valence-electron chi connectivity index (χ1n) is 6.50. The van der Waals surface area contributed by atoms with Gasteiger partial charge in [-0.2, -0.15) is 4.31 Å². The molecule has 0 N–H and O–H groups in total. The van der Waals surface area contributed by atoms with Crippen LogP contribution in [0.3, 0.4) is 0 Å². The highest BCUT2D eigenvalue weighted by atomic mass is 32.2. The van der Waals surface area contributed by atoms with Crippen LogP contribution in [0.4, 0.5) is 0 Å². The molecule has 0 heterocycles. The van der Waals surface area contributed by atoms with Crippen LogP contribution in [-0.2, 0) is 26.0 Å². The van der Waals surface area contributed by atoms with Crippen molar-refractivity contribution in [3.8, 4) is 0 Å². The number of methoxy groups -OCH3 is 1. The standard InChI is InChI=1S/C14H21NO4S/c1-5-15(11(2)3)20(17,18)13-8-6-12(7-9-13)10-14(16)19-4/h6-9,11H,5,10H2,1-4H3. The molecular weight excluding hydrogens is 278 g/mol. The minimum atomic E-state index is -3.48. The van der Waals surface area contributed by atoms with Crippen molar-refractivity contribution in [3.63, 3.8) is 0 Å². The minimum absolute atomic E-state index is 0.0975. The summed E-state index contributed by atoms with van der Waals surface area (Å²) in [6.07, 6.45) is 0.137. The lowest BCUT2D eigenvalue weighted by Crippen LogP contribution is -2.36. The molecule has 0 amide bonds. The highest BCUT2D eigenvalue weighted by Gasteiger charge is 2.25. The minimum Gasteiger partial charge on any atom is -0.469 e. The highest BCUT2D eigenvalue weighted by molar-refractivity contribution is 7.89. The molecule has 0 aliphatic carbocycles. The van der Waals surface area contributed by atoms with Gasteiger partial charge in [-0.05, 0) is 31.5 Å². The number of rotatable bonds is 6. The molecule has 112 valence electrons. The summed E-state index contributed by atoms with van der Waals surface area (Å²) in [5.74, 6) is -0.349. The van der Waals surface area contributed by atoms with Gasteiger partial charge in [0.25, 0.3) is 0 Å². The largest absolute Gasteiger partial charge is 0.469 e. The van der Waals surface area contributed by atoms with Crippen LogP contribution in [0.5, 0.6) is 0 Å². The van der Waals surface area contributed by atoms with E-state index in [-0.39, 0.29) is 23.3 Å². The molecule has 1 aromatic carbocycles. The van der Waals surface area contributed by atoms with Crippen LogP contribution >= 0.6 is 0 Å². The summed E-state index contributed by atoms with van der Waals surface area (Å²) < 4.78 is 30.9. The van der Waals surface area contributed by atoms with Crippen LogP contribution < -0.4 is 0 Å². The summed E-state index contributed by atoms with van der Waals surface area (Å²) in [5, 5.41) is 0. The predicted molar refractivity (Wildman–Crippen MR) is 76.9 cm³/mol. The Morgan fingerprint density at radius 2 is 1.80 bits per heavy atom. The smallest absolute Gasteiger partial charge is 0.309 e. The van der Waals surface area contributed by atoms with Crippen LogP contribution in [0.25, 0.3) is 0 Å². The number of benzene rings is 1. The summed E-state index contributed by atoms with van der Waals surface area (Å²) in [7, 11) is -2.16. The second-order valence-corrected chi connectivity index (χ2v) is 6.59. The first kappa shape index (κ1) is 16.7. The van der Waals surface area contributed by atoms with Gasteiger partial charge in [0, 0.05) is 12.6 Å². The zero-order valence-electron chi connectivity index (χ0n) is 12.3. The van der Waals surface area contributed by atoms with Crippen molar-refractivity contribution in [1.82, 2.24) is 4.31 Å². The van der Waals surface area contributed by atoms with Gasteiger partial charge < -0.3 is 4.74 Å². The van der Waals surface area contributed by atoms with Crippen molar-refractivity contribution in [1.29, 1.82) is 0 Å². The third-order valence-electron chi connectivity index (χ3n) is 2.99. The molecule has 20 heavy (non-hydrogen) atoms. The van der Waals surface area contributed by atoms with Gasteiger partial charge in [0.1, 0.15) is 0 Å². The Kier molecular flexibility index (Phi) is 5.71. The van der Waals surface area contributed by atoms with Crippen molar-refractivity contribution in [2.45, 2.75) is 38.1 Å². The lowest BCUT2D eigenvalue weighted by Gasteiger charge is -2.24. The Labute approximate surface area is 120 Å². The Bertz CT molecular complexity index is 549. The van der Waals surface area contributed by atoms with E-state index in [1.165, 1.54) is 23.5 Å². The van der Waals surface area contributed by atoms with Crippen molar-refractivity contribution < 1.29 is 17.9 Å². The van der Waals surface area contributed by atoms with Gasteiger partial charge in [0.2, 0.25) is 10.0 Å². The van der Waals surface area contributed by atoms with Gasteiger partial charge in [0.15, 0.2) is 0 Å². The van der Waals surface area contributed by atoms with Crippen molar-refractivity contribution in [2.24, 2.45) is 0 Å². The first-order chi connectivity index (χ1) is 9.32. The molecule has 0 aliphatic rings. The number of sulfonamides is 1. The molecule has 0 saturated heterocycles. The topological polar surface area (TPSA) is 63.7 Å². The van der Waals surface area contributed by atoms with E-state index in [0.717, 1.165) is 5.56 Å². The van der Waals surface area contributed by atoms with E-state index in [4.69, 9.17) is 0 Å². The van der Waals surface area contributed by atoms with Crippen LogP contribution in [0, 0.1) is 0 Å². The number of esters is 1. The lowest BCUT2D eigenvalue weighted by atomic mass is 10.2. The fourth-order valence-electron chi connectivity index (χ4n) is 1.97. The number of nitrogens with zero attached hydrogens (tertiary/aromatic N) is 1. The van der Waals surface area contributed by atoms with E-state index in [1.807, 2.05) is 20.8 Å². The van der Waals surface area contributed by atoms with E-state index in [2.05, 4.69) is 4.74 Å². The summed E-state index contributed by atoms with van der Waals surface area (Å²) in [4.78, 5) is 11.4. The fourth-order valence-corrected chi connectivity index (χ4v) is 3.61. The third kappa shape index (κ3) is 3.80. The second kappa shape index (κ2) is 6.85. The molecule has 1 rings (SSSR count). The molecule has 0 aromatic heterocycles. The van der Waals surface area contributed by atoms with Crippen molar-refractivity contribution in [2.75, 3.05) is 13.7 Å². The molecule has 0 fully saturated rings. The molecule has 0 aliphatic heterocycles. The maximum atomic E-state index is 12.4. The lowest BCUT2D eigenvalue weighted by molar-refractivity contribution is -0.139. The normalized spacial score (nSPS) is 11.9. The Balaban J connectivity index is 3.00. The van der Waals surface area contributed by atoms with Crippen LogP contribution in [0.1, 0.15) is 26.3 Å². The number of hydrogen-bond donors (Lipinski definition) is 0. The summed E-state index contributed by atoms with van der Waals surface area (Å²) in [5.41, 5.74) is 0.725. The number of carbonyl (C=O) groups is 1. The Hall–Kier alpha value is -1.40. The molecule has 1 aromatic rings. The molecule has 0 atom stereocenters. The van der Waals surface area contributed by atoms with E-state index in [1.54, 1.807) is 12.1 Å². The van der Waals surface area contributed by atoms with Gasteiger partial charge >= 0.3 is 5.97 Å². The molecule has 0 saturated carbocycles. The van der Waals surface area contributed by atoms with E-state index in [9.17, 15) is 13.2 Å². The molecule has 0 unspecified atom stereocenters. The monoisotopic (exact) mass is 299 g/mol. The maximum absolute atomic E-state index is 12.4. The number of ether oxygens (including phenoxy) is 1. The first-order valence-corrected chi connectivity index (χ1v) is 7.94. The fraction of sp³-hybridized carbons (Fsp3) is 0.500. The SMILES string of the molecule is CCN(C(C)C)S(=O)(=O)c1ccc(CC(=O)OC)cc1. The molecule has 0 radical (unpaired) electrons. The maximum Gasteiger partial charge on any atom is 0.309 e. The summed E-state index contributed by atoms with van der Waals surface area (Å²) in [6, 6.07) is 6.23. The molecule has 5 nitrogen and oxygen atoms in total. The quantitative estimate of drug-likeness (QED) is 0.752. The third-order valence-corrected chi connectivity index (χ3v) is 5.16. The molecular formula is C14H21NO4S. The average molecular weight is 299 g/mol. The van der Waals surface area contributed by atoms with Gasteiger partial charge in [-0.1, -0.05) is 19.1 Å². The predicted octanol–water partition coefficient (Wildman–Crippen LogP) is 1.82. The van der Waals surface area contributed by atoms with Crippen LogP contribution in [-0.4, -0.2) is 38.4 Å². The van der Waals surface area contributed by atoms with Gasteiger partial charge in [-0.15, -0.1) is 0 Å². The zero-order valence-corrected chi connectivity index (χ0v) is 13.1. The molecule has 6 heteroatoms. The number of carbonyl (C=O) groups excluding carboxylic acids is 1. The van der Waals surface area contributed by atoms with Gasteiger partial charge in [-0.3, -0.25) is 4.79 Å². The summed E-state index contributed by atoms with van der Waals surface area (Å²) >= 11 is 0. The van der Waals surface area contributed by atoms with Crippen molar-refractivity contribution >= 4 is 16.0 Å². The van der Waals surface area contributed by atoms with Gasteiger partial charge in [-0.25, -0.2) is 8.42 Å². The van der Waals surface area contributed by atoms with Crippen LogP contribution in [0.15, 0.2) is 29.2 Å². The van der Waals surface area contributed by atoms with E-state index >= 15 is 0 Å².